The topological polar surface area (TPSA) is 70.2 Å². The second kappa shape index (κ2) is 9.31. The summed E-state index contributed by atoms with van der Waals surface area (Å²) in [6.07, 6.45) is 0.852. The van der Waals surface area contributed by atoms with Gasteiger partial charge in [-0.25, -0.2) is 0 Å². The number of rotatable bonds is 5. The summed E-state index contributed by atoms with van der Waals surface area (Å²) in [4.78, 5) is 24.3. The molecule has 0 saturated heterocycles. The van der Waals surface area contributed by atoms with Crippen LogP contribution < -0.4 is 16.0 Å². The van der Waals surface area contributed by atoms with Gasteiger partial charge in [0.15, 0.2) is 5.11 Å². The van der Waals surface area contributed by atoms with E-state index in [0.717, 1.165) is 6.42 Å². The van der Waals surface area contributed by atoms with E-state index >= 15 is 0 Å². The number of benzene rings is 2. The lowest BCUT2D eigenvalue weighted by Crippen LogP contribution is -2.34. The van der Waals surface area contributed by atoms with Gasteiger partial charge in [0.1, 0.15) is 0 Å². The highest BCUT2D eigenvalue weighted by Gasteiger charge is 2.11. The van der Waals surface area contributed by atoms with Crippen LogP contribution in [0.2, 0.25) is 5.02 Å². The number of anilines is 1. The Bertz CT molecular complexity index is 809. The van der Waals surface area contributed by atoms with E-state index in [9.17, 15) is 9.59 Å². The molecule has 136 valence electrons. The van der Waals surface area contributed by atoms with E-state index in [1.54, 1.807) is 48.5 Å². The Kier molecular flexibility index (Phi) is 7.12. The Hall–Kier alpha value is -2.44. The summed E-state index contributed by atoms with van der Waals surface area (Å²) in [5, 5.41) is 9.10. The third-order valence-corrected chi connectivity index (χ3v) is 4.16. The lowest BCUT2D eigenvalue weighted by atomic mass is 10.1. The molecule has 2 amide bonds. The molecule has 0 radical (unpaired) electrons. The zero-order chi connectivity index (χ0) is 19.1. The van der Waals surface area contributed by atoms with Gasteiger partial charge in [0.05, 0.1) is 0 Å². The largest absolute Gasteiger partial charge is 0.350 e. The van der Waals surface area contributed by atoms with Crippen LogP contribution in [0.4, 0.5) is 5.69 Å². The zero-order valence-corrected chi connectivity index (χ0v) is 16.1. The lowest BCUT2D eigenvalue weighted by molar-refractivity contribution is 0.0937. The fourth-order valence-corrected chi connectivity index (χ4v) is 2.42. The summed E-state index contributed by atoms with van der Waals surface area (Å²) < 4.78 is 0. The van der Waals surface area contributed by atoms with Crippen molar-refractivity contribution in [1.82, 2.24) is 10.6 Å². The van der Waals surface area contributed by atoms with Gasteiger partial charge in [-0.3, -0.25) is 14.9 Å². The number of carbonyl (C=O) groups is 2. The molecule has 0 aliphatic carbocycles. The van der Waals surface area contributed by atoms with Gasteiger partial charge >= 0.3 is 0 Å². The summed E-state index contributed by atoms with van der Waals surface area (Å²) in [5.41, 5.74) is 1.57. The second-order valence-corrected chi connectivity index (χ2v) is 6.62. The smallest absolute Gasteiger partial charge is 0.257 e. The van der Waals surface area contributed by atoms with Gasteiger partial charge < -0.3 is 10.6 Å². The number of amides is 2. The molecule has 0 spiro atoms. The zero-order valence-electron chi connectivity index (χ0n) is 14.5. The Morgan fingerprint density at radius 1 is 1.08 bits per heavy atom. The van der Waals surface area contributed by atoms with E-state index in [0.29, 0.717) is 21.8 Å². The van der Waals surface area contributed by atoms with Crippen LogP contribution in [-0.2, 0) is 0 Å². The van der Waals surface area contributed by atoms with Gasteiger partial charge in [-0.1, -0.05) is 24.6 Å². The summed E-state index contributed by atoms with van der Waals surface area (Å²) in [6.45, 7) is 3.95. The first-order chi connectivity index (χ1) is 12.4. The molecule has 2 aromatic carbocycles. The van der Waals surface area contributed by atoms with E-state index in [-0.39, 0.29) is 23.0 Å². The van der Waals surface area contributed by atoms with E-state index in [4.69, 9.17) is 23.8 Å². The fourth-order valence-electron chi connectivity index (χ4n) is 2.09. The average Bonchev–Trinajstić information content (AvgIpc) is 2.62. The van der Waals surface area contributed by atoms with Crippen LogP contribution in [0.15, 0.2) is 48.5 Å². The molecule has 0 saturated carbocycles. The molecule has 3 N–H and O–H groups in total. The van der Waals surface area contributed by atoms with Crippen molar-refractivity contribution >= 4 is 46.4 Å². The number of halogens is 1. The standard InChI is InChI=1S/C19H20ClN3O2S/c1-3-12(2)21-18(25)14-5-4-6-16(11-14)22-19(26)23-17(24)13-7-9-15(20)10-8-13/h4-12H,3H2,1-2H3,(H,21,25)(H2,22,23,24,26). The molecular weight excluding hydrogens is 370 g/mol. The molecule has 0 heterocycles. The van der Waals surface area contributed by atoms with Crippen LogP contribution in [0.1, 0.15) is 41.0 Å². The Morgan fingerprint density at radius 2 is 1.77 bits per heavy atom. The molecule has 1 unspecified atom stereocenters. The molecular formula is C19H20ClN3O2S. The molecule has 0 bridgehead atoms. The quantitative estimate of drug-likeness (QED) is 0.676. The van der Waals surface area contributed by atoms with Crippen molar-refractivity contribution < 1.29 is 9.59 Å². The molecule has 0 aromatic heterocycles. The monoisotopic (exact) mass is 389 g/mol. The molecule has 0 aliphatic rings. The van der Waals surface area contributed by atoms with Crippen LogP contribution in [-0.4, -0.2) is 23.0 Å². The molecule has 2 aromatic rings. The highest BCUT2D eigenvalue weighted by Crippen LogP contribution is 2.12. The summed E-state index contributed by atoms with van der Waals surface area (Å²) in [7, 11) is 0. The minimum absolute atomic E-state index is 0.0962. The summed E-state index contributed by atoms with van der Waals surface area (Å²) in [6, 6.07) is 13.5. The minimum Gasteiger partial charge on any atom is -0.350 e. The number of hydrogen-bond acceptors (Lipinski definition) is 3. The van der Waals surface area contributed by atoms with Gasteiger partial charge in [-0.2, -0.15) is 0 Å². The van der Waals surface area contributed by atoms with Crippen molar-refractivity contribution in [2.24, 2.45) is 0 Å². The summed E-state index contributed by atoms with van der Waals surface area (Å²) in [5.74, 6) is -0.496. The molecule has 1 atom stereocenters. The van der Waals surface area contributed by atoms with Crippen molar-refractivity contribution in [2.45, 2.75) is 26.3 Å². The minimum atomic E-state index is -0.343. The van der Waals surface area contributed by atoms with Crippen LogP contribution in [0.5, 0.6) is 0 Å². The van der Waals surface area contributed by atoms with Gasteiger partial charge in [0.25, 0.3) is 11.8 Å². The maximum Gasteiger partial charge on any atom is 0.257 e. The third kappa shape index (κ3) is 5.82. The molecule has 7 heteroatoms. The maximum atomic E-state index is 12.2. The van der Waals surface area contributed by atoms with Crippen molar-refractivity contribution in [3.8, 4) is 0 Å². The van der Waals surface area contributed by atoms with Crippen molar-refractivity contribution in [1.29, 1.82) is 0 Å². The van der Waals surface area contributed by atoms with Gasteiger partial charge in [0.2, 0.25) is 0 Å². The number of carbonyl (C=O) groups excluding carboxylic acids is 2. The molecule has 0 fully saturated rings. The third-order valence-electron chi connectivity index (χ3n) is 3.71. The van der Waals surface area contributed by atoms with E-state index in [1.165, 1.54) is 0 Å². The second-order valence-electron chi connectivity index (χ2n) is 5.78. The first-order valence-corrected chi connectivity index (χ1v) is 8.96. The maximum absolute atomic E-state index is 12.2. The first-order valence-electron chi connectivity index (χ1n) is 8.18. The van der Waals surface area contributed by atoms with E-state index in [2.05, 4.69) is 16.0 Å². The fraction of sp³-hybridized carbons (Fsp3) is 0.211. The summed E-state index contributed by atoms with van der Waals surface area (Å²) >= 11 is 11.0. The van der Waals surface area contributed by atoms with Crippen molar-refractivity contribution in [2.75, 3.05) is 5.32 Å². The predicted molar refractivity (Wildman–Crippen MR) is 109 cm³/mol. The average molecular weight is 390 g/mol. The van der Waals surface area contributed by atoms with Crippen LogP contribution in [0, 0.1) is 0 Å². The Labute approximate surface area is 163 Å². The normalized spacial score (nSPS) is 11.3. The van der Waals surface area contributed by atoms with E-state index in [1.807, 2.05) is 13.8 Å². The highest BCUT2D eigenvalue weighted by molar-refractivity contribution is 7.80. The molecule has 0 aliphatic heterocycles. The highest BCUT2D eigenvalue weighted by atomic mass is 35.5. The molecule has 5 nitrogen and oxygen atoms in total. The lowest BCUT2D eigenvalue weighted by Gasteiger charge is -2.13. The van der Waals surface area contributed by atoms with Crippen LogP contribution in [0.25, 0.3) is 0 Å². The Balaban J connectivity index is 1.98. The van der Waals surface area contributed by atoms with Crippen molar-refractivity contribution in [3.05, 3.63) is 64.7 Å². The SMILES string of the molecule is CCC(C)NC(=O)c1cccc(NC(=S)NC(=O)c2ccc(Cl)cc2)c1. The number of thiocarbonyl (C=S) groups is 1. The van der Waals surface area contributed by atoms with E-state index < -0.39 is 0 Å². The number of hydrogen-bond donors (Lipinski definition) is 3. The van der Waals surface area contributed by atoms with Gasteiger partial charge in [-0.05, 0) is 68.0 Å². The first kappa shape index (κ1) is 19.9. The van der Waals surface area contributed by atoms with Crippen LogP contribution >= 0.6 is 23.8 Å². The Morgan fingerprint density at radius 3 is 2.42 bits per heavy atom. The molecule has 2 rings (SSSR count). The van der Waals surface area contributed by atoms with Crippen molar-refractivity contribution in [3.63, 3.8) is 0 Å². The van der Waals surface area contributed by atoms with Gasteiger partial charge in [0, 0.05) is 27.9 Å². The number of nitrogens with one attached hydrogen (secondary N) is 3. The predicted octanol–water partition coefficient (Wildman–Crippen LogP) is 4.00. The van der Waals surface area contributed by atoms with Crippen LogP contribution in [0.3, 0.4) is 0 Å². The molecule has 26 heavy (non-hydrogen) atoms. The van der Waals surface area contributed by atoms with Gasteiger partial charge in [-0.15, -0.1) is 0 Å².